The van der Waals surface area contributed by atoms with E-state index in [1.165, 1.54) is 22.7 Å². The molecule has 136 valence electrons. The van der Waals surface area contributed by atoms with Crippen LogP contribution in [0.4, 0.5) is 5.69 Å². The molecule has 2 amide bonds. The summed E-state index contributed by atoms with van der Waals surface area (Å²) in [5.74, 6) is -1.63. The Kier molecular flexibility index (Phi) is 5.98. The lowest BCUT2D eigenvalue weighted by molar-refractivity contribution is -0.136. The van der Waals surface area contributed by atoms with E-state index in [2.05, 4.69) is 10.6 Å². The van der Waals surface area contributed by atoms with E-state index in [-0.39, 0.29) is 17.8 Å². The second-order valence-corrected chi connectivity index (χ2v) is 7.70. The van der Waals surface area contributed by atoms with Gasteiger partial charge in [-0.1, -0.05) is 18.2 Å². The van der Waals surface area contributed by atoms with Crippen molar-refractivity contribution < 1.29 is 14.7 Å². The number of aliphatic hydroxyl groups excluding tert-OH is 1. The standard InChI is InChI=1S/C19H15N3O3S2/c20-10-12-4-1-2-5-14(12)22-19(25)18(24)21-11-13-7-8-16(27-13)17(23)15-6-3-9-26-15/h1-9,17,23H,11H2,(H,21,24)(H,22,25)/t17-/m0/s1. The van der Waals surface area contributed by atoms with E-state index in [9.17, 15) is 14.7 Å². The highest BCUT2D eigenvalue weighted by molar-refractivity contribution is 7.12. The van der Waals surface area contributed by atoms with Crippen LogP contribution in [0.3, 0.4) is 0 Å². The van der Waals surface area contributed by atoms with Gasteiger partial charge in [0.2, 0.25) is 0 Å². The van der Waals surface area contributed by atoms with E-state index in [4.69, 9.17) is 5.26 Å². The molecule has 0 radical (unpaired) electrons. The molecule has 0 bridgehead atoms. The molecule has 27 heavy (non-hydrogen) atoms. The predicted octanol–water partition coefficient (Wildman–Crippen LogP) is 3.02. The van der Waals surface area contributed by atoms with Crippen LogP contribution in [0.5, 0.6) is 0 Å². The van der Waals surface area contributed by atoms with Crippen LogP contribution >= 0.6 is 22.7 Å². The zero-order valence-electron chi connectivity index (χ0n) is 14.0. The zero-order chi connectivity index (χ0) is 19.2. The van der Waals surface area contributed by atoms with Crippen LogP contribution in [-0.4, -0.2) is 16.9 Å². The molecule has 8 heteroatoms. The molecule has 3 N–H and O–H groups in total. The first-order valence-electron chi connectivity index (χ1n) is 7.97. The Morgan fingerprint density at radius 1 is 1.07 bits per heavy atom. The molecule has 1 atom stereocenters. The van der Waals surface area contributed by atoms with Crippen molar-refractivity contribution in [1.29, 1.82) is 5.26 Å². The maximum Gasteiger partial charge on any atom is 0.313 e. The number of thiophene rings is 2. The lowest BCUT2D eigenvalue weighted by Gasteiger charge is -2.07. The number of benzene rings is 1. The summed E-state index contributed by atoms with van der Waals surface area (Å²) >= 11 is 2.84. The molecule has 0 spiro atoms. The molecule has 6 nitrogen and oxygen atoms in total. The van der Waals surface area contributed by atoms with Crippen LogP contribution in [0.15, 0.2) is 53.9 Å². The first-order chi connectivity index (χ1) is 13.1. The minimum atomic E-state index is -0.840. The van der Waals surface area contributed by atoms with Crippen molar-refractivity contribution in [2.45, 2.75) is 12.6 Å². The Labute approximate surface area is 163 Å². The summed E-state index contributed by atoms with van der Waals surface area (Å²) in [4.78, 5) is 26.4. The highest BCUT2D eigenvalue weighted by atomic mass is 32.1. The summed E-state index contributed by atoms with van der Waals surface area (Å²) in [6, 6.07) is 15.8. The van der Waals surface area contributed by atoms with E-state index in [1.807, 2.05) is 23.6 Å². The van der Waals surface area contributed by atoms with Crippen molar-refractivity contribution in [2.75, 3.05) is 5.32 Å². The first kappa shape index (κ1) is 18.8. The largest absolute Gasteiger partial charge is 0.382 e. The number of nitrogens with one attached hydrogen (secondary N) is 2. The van der Waals surface area contributed by atoms with E-state index in [0.29, 0.717) is 0 Å². The van der Waals surface area contributed by atoms with Gasteiger partial charge in [-0.15, -0.1) is 22.7 Å². The first-order valence-corrected chi connectivity index (χ1v) is 9.66. The minimum absolute atomic E-state index is 0.175. The van der Waals surface area contributed by atoms with Gasteiger partial charge >= 0.3 is 11.8 Å². The number of carbonyl (C=O) groups excluding carboxylic acids is 2. The van der Waals surface area contributed by atoms with Gasteiger partial charge in [0, 0.05) is 14.6 Å². The molecular weight excluding hydrogens is 382 g/mol. The van der Waals surface area contributed by atoms with Crippen LogP contribution < -0.4 is 10.6 Å². The molecule has 1 aromatic carbocycles. The lowest BCUT2D eigenvalue weighted by atomic mass is 10.2. The summed E-state index contributed by atoms with van der Waals surface area (Å²) < 4.78 is 0. The van der Waals surface area contributed by atoms with Crippen LogP contribution in [0, 0.1) is 11.3 Å². The zero-order valence-corrected chi connectivity index (χ0v) is 15.6. The highest BCUT2D eigenvalue weighted by Crippen LogP contribution is 2.30. The highest BCUT2D eigenvalue weighted by Gasteiger charge is 2.17. The van der Waals surface area contributed by atoms with Crippen molar-refractivity contribution in [3.05, 3.63) is 74.1 Å². The number of rotatable bonds is 5. The molecule has 0 unspecified atom stereocenters. The number of amides is 2. The van der Waals surface area contributed by atoms with E-state index in [0.717, 1.165) is 14.6 Å². The normalized spacial score (nSPS) is 11.4. The minimum Gasteiger partial charge on any atom is -0.382 e. The Morgan fingerprint density at radius 3 is 2.63 bits per heavy atom. The smallest absolute Gasteiger partial charge is 0.313 e. The van der Waals surface area contributed by atoms with Gasteiger partial charge in [-0.25, -0.2) is 0 Å². The number of nitriles is 1. The molecule has 0 fully saturated rings. The van der Waals surface area contributed by atoms with Gasteiger partial charge in [-0.3, -0.25) is 9.59 Å². The average Bonchev–Trinajstić information content (AvgIpc) is 3.38. The SMILES string of the molecule is N#Cc1ccccc1NC(=O)C(=O)NCc1ccc([C@@H](O)c2cccs2)s1. The van der Waals surface area contributed by atoms with Crippen LogP contribution in [-0.2, 0) is 16.1 Å². The second kappa shape index (κ2) is 8.60. The molecule has 0 saturated carbocycles. The Hall–Kier alpha value is -2.99. The van der Waals surface area contributed by atoms with Crippen molar-refractivity contribution >= 4 is 40.2 Å². The van der Waals surface area contributed by atoms with Crippen molar-refractivity contribution in [2.24, 2.45) is 0 Å². The van der Waals surface area contributed by atoms with Crippen molar-refractivity contribution in [3.63, 3.8) is 0 Å². The van der Waals surface area contributed by atoms with Gasteiger partial charge in [0.15, 0.2) is 0 Å². The lowest BCUT2D eigenvalue weighted by Crippen LogP contribution is -2.34. The number of anilines is 1. The monoisotopic (exact) mass is 397 g/mol. The number of hydrogen-bond acceptors (Lipinski definition) is 6. The molecule has 0 saturated heterocycles. The fraction of sp³-hybridized carbons (Fsp3) is 0.105. The second-order valence-electron chi connectivity index (χ2n) is 5.52. The average molecular weight is 397 g/mol. The molecule has 0 aliphatic heterocycles. The molecule has 3 aromatic rings. The fourth-order valence-corrected chi connectivity index (χ4v) is 4.10. The number of hydrogen-bond donors (Lipinski definition) is 3. The maximum atomic E-state index is 12.0. The van der Waals surface area contributed by atoms with Gasteiger partial charge in [0.05, 0.1) is 17.8 Å². The third-order valence-corrected chi connectivity index (χ3v) is 5.75. The van der Waals surface area contributed by atoms with Gasteiger partial charge in [-0.05, 0) is 35.7 Å². The third-order valence-electron chi connectivity index (χ3n) is 3.69. The number of aliphatic hydroxyl groups is 1. The summed E-state index contributed by atoms with van der Waals surface area (Å²) in [5, 5.41) is 26.2. The van der Waals surface area contributed by atoms with E-state index < -0.39 is 17.9 Å². The predicted molar refractivity (Wildman–Crippen MR) is 104 cm³/mol. The van der Waals surface area contributed by atoms with Gasteiger partial charge < -0.3 is 15.7 Å². The summed E-state index contributed by atoms with van der Waals surface area (Å²) in [6.45, 7) is 0.175. The fourth-order valence-electron chi connectivity index (χ4n) is 2.34. The van der Waals surface area contributed by atoms with E-state index in [1.54, 1.807) is 36.4 Å². The topological polar surface area (TPSA) is 102 Å². The quantitative estimate of drug-likeness (QED) is 0.576. The Balaban J connectivity index is 1.56. The van der Waals surface area contributed by atoms with Gasteiger partial charge in [0.25, 0.3) is 0 Å². The number of nitrogens with zero attached hydrogens (tertiary/aromatic N) is 1. The van der Waals surface area contributed by atoms with Crippen molar-refractivity contribution in [1.82, 2.24) is 5.32 Å². The van der Waals surface area contributed by atoms with E-state index >= 15 is 0 Å². The van der Waals surface area contributed by atoms with Crippen LogP contribution in [0.25, 0.3) is 0 Å². The molecule has 0 aliphatic carbocycles. The summed E-state index contributed by atoms with van der Waals surface area (Å²) in [6.07, 6.45) is -0.690. The van der Waals surface area contributed by atoms with Crippen LogP contribution in [0.2, 0.25) is 0 Å². The number of para-hydroxylation sites is 1. The number of carbonyl (C=O) groups is 2. The molecule has 0 aliphatic rings. The Bertz CT molecular complexity index is 990. The maximum absolute atomic E-state index is 12.0. The molecule has 3 rings (SSSR count). The van der Waals surface area contributed by atoms with Gasteiger partial charge in [0.1, 0.15) is 12.2 Å². The molecule has 2 aromatic heterocycles. The summed E-state index contributed by atoms with van der Waals surface area (Å²) in [5.41, 5.74) is 0.571. The molecular formula is C19H15N3O3S2. The Morgan fingerprint density at radius 2 is 1.89 bits per heavy atom. The van der Waals surface area contributed by atoms with Crippen LogP contribution in [0.1, 0.15) is 26.3 Å². The third kappa shape index (κ3) is 4.60. The van der Waals surface area contributed by atoms with Crippen molar-refractivity contribution in [3.8, 4) is 6.07 Å². The van der Waals surface area contributed by atoms with Gasteiger partial charge in [-0.2, -0.15) is 5.26 Å². The summed E-state index contributed by atoms with van der Waals surface area (Å²) in [7, 11) is 0. The molecule has 2 heterocycles.